The van der Waals surface area contributed by atoms with E-state index in [1.807, 2.05) is 6.08 Å². The lowest BCUT2D eigenvalue weighted by molar-refractivity contribution is 0.179. The van der Waals surface area contributed by atoms with Crippen molar-refractivity contribution in [3.8, 4) is 0 Å². The second-order valence-electron chi connectivity index (χ2n) is 6.06. The predicted molar refractivity (Wildman–Crippen MR) is 71.5 cm³/mol. The van der Waals surface area contributed by atoms with E-state index in [1.165, 1.54) is 17.7 Å². The highest BCUT2D eigenvalue weighted by Gasteiger charge is 2.63. The van der Waals surface area contributed by atoms with Crippen molar-refractivity contribution in [2.75, 3.05) is 6.61 Å². The van der Waals surface area contributed by atoms with E-state index in [0.29, 0.717) is 11.3 Å². The molecule has 0 aromatic heterocycles. The zero-order valence-corrected chi connectivity index (χ0v) is 11.3. The van der Waals surface area contributed by atoms with Crippen LogP contribution in [-0.2, 0) is 0 Å². The fraction of sp³-hybridized carbons (Fsp3) is 0.786. The number of thiocarbonyl (C=S) groups is 1. The topological polar surface area (TPSA) is 20.2 Å². The summed E-state index contributed by atoms with van der Waals surface area (Å²) < 4.78 is 0. The first-order chi connectivity index (χ1) is 7.45. The molecule has 0 aromatic carbocycles. The van der Waals surface area contributed by atoms with E-state index in [-0.39, 0.29) is 12.0 Å². The van der Waals surface area contributed by atoms with Crippen LogP contribution in [0.3, 0.4) is 0 Å². The van der Waals surface area contributed by atoms with Crippen molar-refractivity contribution < 1.29 is 5.11 Å². The molecule has 90 valence electrons. The summed E-state index contributed by atoms with van der Waals surface area (Å²) in [6.45, 7) is 7.26. The van der Waals surface area contributed by atoms with Gasteiger partial charge in [-0.3, -0.25) is 0 Å². The lowest BCUT2D eigenvalue weighted by Crippen LogP contribution is -2.32. The zero-order valence-electron chi connectivity index (χ0n) is 10.5. The van der Waals surface area contributed by atoms with E-state index in [1.54, 1.807) is 0 Å². The molecule has 0 aliphatic heterocycles. The van der Waals surface area contributed by atoms with Gasteiger partial charge in [0.2, 0.25) is 0 Å². The van der Waals surface area contributed by atoms with Crippen molar-refractivity contribution in [1.82, 2.24) is 0 Å². The molecule has 16 heavy (non-hydrogen) atoms. The standard InChI is InChI=1S/C14H22OS/c1-13(2)11-7-8-14(13,3)12(16)10(11)6-4-5-9-15/h4-5,10-11,15H,6-9H2,1-3H3/b5-4-/t10-,11+,14-/m0/s1. The lowest BCUT2D eigenvalue weighted by atomic mass is 9.71. The van der Waals surface area contributed by atoms with Crippen molar-refractivity contribution >= 4 is 17.1 Å². The number of allylic oxidation sites excluding steroid dienone is 1. The van der Waals surface area contributed by atoms with Gasteiger partial charge in [0.15, 0.2) is 0 Å². The second-order valence-corrected chi connectivity index (χ2v) is 6.50. The minimum Gasteiger partial charge on any atom is -0.392 e. The van der Waals surface area contributed by atoms with Gasteiger partial charge in [0.25, 0.3) is 0 Å². The first-order valence-electron chi connectivity index (χ1n) is 6.25. The predicted octanol–water partition coefficient (Wildman–Crippen LogP) is 3.37. The Labute approximate surface area is 104 Å². The molecule has 2 rings (SSSR count). The maximum absolute atomic E-state index is 8.77. The Morgan fingerprint density at radius 2 is 2.06 bits per heavy atom. The van der Waals surface area contributed by atoms with Crippen molar-refractivity contribution in [3.05, 3.63) is 12.2 Å². The largest absolute Gasteiger partial charge is 0.392 e. The molecule has 0 aromatic rings. The summed E-state index contributed by atoms with van der Waals surface area (Å²) in [6.07, 6.45) is 7.54. The maximum Gasteiger partial charge on any atom is 0.0612 e. The summed E-state index contributed by atoms with van der Waals surface area (Å²) in [5.41, 5.74) is 0.631. The summed E-state index contributed by atoms with van der Waals surface area (Å²) in [6, 6.07) is 0. The zero-order chi connectivity index (χ0) is 12.0. The Morgan fingerprint density at radius 3 is 2.56 bits per heavy atom. The Balaban J connectivity index is 2.20. The van der Waals surface area contributed by atoms with Crippen molar-refractivity contribution in [1.29, 1.82) is 0 Å². The smallest absolute Gasteiger partial charge is 0.0612 e. The van der Waals surface area contributed by atoms with Gasteiger partial charge in [0.1, 0.15) is 0 Å². The molecule has 0 spiro atoms. The number of hydrogen-bond donors (Lipinski definition) is 1. The molecule has 3 atom stereocenters. The van der Waals surface area contributed by atoms with Crippen LogP contribution in [-0.4, -0.2) is 16.6 Å². The van der Waals surface area contributed by atoms with Gasteiger partial charge >= 0.3 is 0 Å². The molecule has 2 aliphatic carbocycles. The summed E-state index contributed by atoms with van der Waals surface area (Å²) in [5, 5.41) is 8.77. The van der Waals surface area contributed by atoms with Gasteiger partial charge in [0.05, 0.1) is 6.61 Å². The molecule has 2 heteroatoms. The summed E-state index contributed by atoms with van der Waals surface area (Å²) in [7, 11) is 0. The molecule has 2 bridgehead atoms. The van der Waals surface area contributed by atoms with Gasteiger partial charge in [-0.05, 0) is 36.5 Å². The van der Waals surface area contributed by atoms with Crippen LogP contribution in [0.2, 0.25) is 0 Å². The minimum absolute atomic E-state index is 0.144. The Morgan fingerprint density at radius 1 is 1.38 bits per heavy atom. The van der Waals surface area contributed by atoms with Crippen molar-refractivity contribution in [2.45, 2.75) is 40.0 Å². The molecule has 1 nitrogen and oxygen atoms in total. The van der Waals surface area contributed by atoms with E-state index in [0.717, 1.165) is 12.3 Å². The summed E-state index contributed by atoms with van der Waals surface area (Å²) >= 11 is 5.71. The molecule has 0 saturated heterocycles. The van der Waals surface area contributed by atoms with Gasteiger partial charge in [-0.2, -0.15) is 0 Å². The van der Waals surface area contributed by atoms with Gasteiger partial charge in [0, 0.05) is 10.3 Å². The highest BCUT2D eigenvalue weighted by atomic mass is 32.1. The molecule has 0 radical (unpaired) electrons. The Hall–Kier alpha value is -0.210. The third-order valence-corrected chi connectivity index (χ3v) is 6.09. The lowest BCUT2D eigenvalue weighted by Gasteiger charge is -2.34. The van der Waals surface area contributed by atoms with Crippen LogP contribution in [0.5, 0.6) is 0 Å². The number of hydrogen-bond acceptors (Lipinski definition) is 2. The second kappa shape index (κ2) is 3.92. The van der Waals surface area contributed by atoms with E-state index in [2.05, 4.69) is 26.8 Å². The van der Waals surface area contributed by atoms with Gasteiger partial charge in [-0.25, -0.2) is 0 Å². The molecule has 2 aliphatic rings. The van der Waals surface area contributed by atoms with Crippen LogP contribution in [0.1, 0.15) is 40.0 Å². The SMILES string of the molecule is CC1(C)[C@@H]2CC[C@@]1(C)C(=S)[C@H]2C/C=C\CO. The number of aliphatic hydroxyl groups is 1. The highest BCUT2D eigenvalue weighted by Crippen LogP contribution is 2.66. The number of rotatable bonds is 3. The van der Waals surface area contributed by atoms with E-state index < -0.39 is 0 Å². The monoisotopic (exact) mass is 238 g/mol. The van der Waals surface area contributed by atoms with Crippen LogP contribution in [0.4, 0.5) is 0 Å². The third kappa shape index (κ3) is 1.42. The van der Waals surface area contributed by atoms with Crippen LogP contribution in [0.25, 0.3) is 0 Å². The fourth-order valence-electron chi connectivity index (χ4n) is 3.86. The minimum atomic E-state index is 0.144. The van der Waals surface area contributed by atoms with Crippen LogP contribution < -0.4 is 0 Å². The highest BCUT2D eigenvalue weighted by molar-refractivity contribution is 7.80. The average Bonchev–Trinajstić information content (AvgIpc) is 2.53. The van der Waals surface area contributed by atoms with Gasteiger partial charge < -0.3 is 5.11 Å². The van der Waals surface area contributed by atoms with Gasteiger partial charge in [-0.1, -0.05) is 45.1 Å². The van der Waals surface area contributed by atoms with E-state index in [9.17, 15) is 0 Å². The maximum atomic E-state index is 8.77. The Kier molecular flexibility index (Phi) is 3.00. The molecule has 0 heterocycles. The number of fused-ring (bicyclic) bond motifs is 2. The van der Waals surface area contributed by atoms with E-state index in [4.69, 9.17) is 17.3 Å². The van der Waals surface area contributed by atoms with Crippen LogP contribution >= 0.6 is 12.2 Å². The first kappa shape index (κ1) is 12.3. The van der Waals surface area contributed by atoms with Crippen LogP contribution in [0, 0.1) is 22.7 Å². The Bertz CT molecular complexity index is 332. The molecule has 0 unspecified atom stereocenters. The molecular weight excluding hydrogens is 216 g/mol. The number of aliphatic hydroxyl groups excluding tert-OH is 1. The summed E-state index contributed by atoms with van der Waals surface area (Å²) in [5.74, 6) is 1.31. The van der Waals surface area contributed by atoms with Crippen molar-refractivity contribution in [3.63, 3.8) is 0 Å². The van der Waals surface area contributed by atoms with E-state index >= 15 is 0 Å². The molecule has 2 saturated carbocycles. The molecule has 2 fully saturated rings. The molecule has 0 amide bonds. The fourth-order valence-corrected chi connectivity index (χ4v) is 4.49. The average molecular weight is 238 g/mol. The third-order valence-electron chi connectivity index (χ3n) is 5.33. The van der Waals surface area contributed by atoms with Crippen LogP contribution in [0.15, 0.2) is 12.2 Å². The first-order valence-corrected chi connectivity index (χ1v) is 6.66. The molecule has 1 N–H and O–H groups in total. The van der Waals surface area contributed by atoms with Crippen molar-refractivity contribution in [2.24, 2.45) is 22.7 Å². The summed E-state index contributed by atoms with van der Waals surface area (Å²) in [4.78, 5) is 1.29. The molecular formula is C14H22OS. The quantitative estimate of drug-likeness (QED) is 0.601. The normalized spacial score (nSPS) is 41.1. The van der Waals surface area contributed by atoms with Gasteiger partial charge in [-0.15, -0.1) is 0 Å².